The fourth-order valence-electron chi connectivity index (χ4n) is 2.43. The van der Waals surface area contributed by atoms with Crippen molar-refractivity contribution in [3.63, 3.8) is 0 Å². The molecule has 0 spiro atoms. The van der Waals surface area contributed by atoms with Crippen LogP contribution in [0.1, 0.15) is 32.6 Å². The summed E-state index contributed by atoms with van der Waals surface area (Å²) in [4.78, 5) is 16.2. The zero-order valence-corrected chi connectivity index (χ0v) is 9.48. The first-order chi connectivity index (χ1) is 7.27. The average molecular weight is 211 g/mol. The Morgan fingerprint density at radius 1 is 1.47 bits per heavy atom. The quantitative estimate of drug-likeness (QED) is 0.757. The van der Waals surface area contributed by atoms with Crippen LogP contribution in [0.2, 0.25) is 0 Å². The van der Waals surface area contributed by atoms with Crippen molar-refractivity contribution in [3.05, 3.63) is 0 Å². The highest BCUT2D eigenvalue weighted by Gasteiger charge is 2.37. The van der Waals surface area contributed by atoms with E-state index in [4.69, 9.17) is 5.73 Å². The van der Waals surface area contributed by atoms with Gasteiger partial charge in [-0.1, -0.05) is 0 Å². The predicted molar refractivity (Wildman–Crippen MR) is 59.6 cm³/mol. The Hall–Kier alpha value is -0.770. The molecule has 0 aromatic carbocycles. The molecule has 4 heteroatoms. The number of hydrogen-bond acceptors (Lipinski definition) is 2. The van der Waals surface area contributed by atoms with Crippen LogP contribution in [0, 0.1) is 0 Å². The lowest BCUT2D eigenvalue weighted by Gasteiger charge is -2.30. The molecule has 0 aromatic rings. The monoisotopic (exact) mass is 211 g/mol. The van der Waals surface area contributed by atoms with Crippen LogP contribution < -0.4 is 5.73 Å². The van der Waals surface area contributed by atoms with Crippen molar-refractivity contribution in [2.24, 2.45) is 5.73 Å². The number of nitrogens with zero attached hydrogens (tertiary/aromatic N) is 2. The van der Waals surface area contributed by atoms with E-state index >= 15 is 0 Å². The van der Waals surface area contributed by atoms with Gasteiger partial charge in [0, 0.05) is 31.7 Å². The van der Waals surface area contributed by atoms with Gasteiger partial charge in [-0.3, -0.25) is 0 Å². The van der Waals surface area contributed by atoms with Gasteiger partial charge in [0.05, 0.1) is 0 Å². The topological polar surface area (TPSA) is 49.6 Å². The number of urea groups is 1. The van der Waals surface area contributed by atoms with Crippen molar-refractivity contribution in [1.82, 2.24) is 9.80 Å². The standard InChI is InChI=1S/C11H21N3O/c1-2-13(9-5-6-9)11(15)14-7-3-4-10(14)8-12/h9-10H,2-8,12H2,1H3. The summed E-state index contributed by atoms with van der Waals surface area (Å²) in [7, 11) is 0. The second-order valence-electron chi connectivity index (χ2n) is 4.52. The van der Waals surface area contributed by atoms with Crippen molar-refractivity contribution in [1.29, 1.82) is 0 Å². The van der Waals surface area contributed by atoms with Gasteiger partial charge in [-0.15, -0.1) is 0 Å². The van der Waals surface area contributed by atoms with Gasteiger partial charge in [0.2, 0.25) is 0 Å². The summed E-state index contributed by atoms with van der Waals surface area (Å²) in [6, 6.07) is 1.01. The summed E-state index contributed by atoms with van der Waals surface area (Å²) in [6.07, 6.45) is 4.54. The number of likely N-dealkylation sites (tertiary alicyclic amines) is 1. The lowest BCUT2D eigenvalue weighted by Crippen LogP contribution is -2.48. The van der Waals surface area contributed by atoms with Crippen LogP contribution in [0.15, 0.2) is 0 Å². The van der Waals surface area contributed by atoms with E-state index in [2.05, 4.69) is 6.92 Å². The van der Waals surface area contributed by atoms with E-state index < -0.39 is 0 Å². The van der Waals surface area contributed by atoms with Gasteiger partial charge in [-0.25, -0.2) is 4.79 Å². The van der Waals surface area contributed by atoms with Crippen molar-refractivity contribution < 1.29 is 4.79 Å². The summed E-state index contributed by atoms with van der Waals surface area (Å²) in [6.45, 7) is 4.39. The molecule has 15 heavy (non-hydrogen) atoms. The molecule has 4 nitrogen and oxygen atoms in total. The van der Waals surface area contributed by atoms with E-state index in [9.17, 15) is 4.79 Å². The zero-order chi connectivity index (χ0) is 10.8. The highest BCUT2D eigenvalue weighted by molar-refractivity contribution is 5.75. The molecule has 0 radical (unpaired) electrons. The van der Waals surface area contributed by atoms with Gasteiger partial charge >= 0.3 is 6.03 Å². The Kier molecular flexibility index (Phi) is 3.14. The fourth-order valence-corrected chi connectivity index (χ4v) is 2.43. The summed E-state index contributed by atoms with van der Waals surface area (Å²) in [5, 5.41) is 0. The van der Waals surface area contributed by atoms with Gasteiger partial charge in [0.1, 0.15) is 0 Å². The first kappa shape index (κ1) is 10.7. The van der Waals surface area contributed by atoms with Crippen LogP contribution in [0.5, 0.6) is 0 Å². The highest BCUT2D eigenvalue weighted by atomic mass is 16.2. The van der Waals surface area contributed by atoms with Crippen LogP contribution in [0.4, 0.5) is 4.79 Å². The Labute approximate surface area is 91.4 Å². The van der Waals surface area contributed by atoms with E-state index in [1.165, 1.54) is 12.8 Å². The molecule has 1 aliphatic heterocycles. The normalized spacial score (nSPS) is 25.7. The maximum Gasteiger partial charge on any atom is 0.320 e. The first-order valence-corrected chi connectivity index (χ1v) is 6.05. The summed E-state index contributed by atoms with van der Waals surface area (Å²) < 4.78 is 0. The number of carbonyl (C=O) groups excluding carboxylic acids is 1. The SMILES string of the molecule is CCN(C(=O)N1CCCC1CN)C1CC1. The Balaban J connectivity index is 1.98. The van der Waals surface area contributed by atoms with E-state index in [0.717, 1.165) is 25.9 Å². The van der Waals surface area contributed by atoms with Crippen molar-refractivity contribution in [2.45, 2.75) is 44.7 Å². The molecule has 2 amide bonds. The molecule has 1 aliphatic carbocycles. The van der Waals surface area contributed by atoms with E-state index in [1.807, 2.05) is 9.80 Å². The number of nitrogens with two attached hydrogens (primary N) is 1. The zero-order valence-electron chi connectivity index (χ0n) is 9.48. The van der Waals surface area contributed by atoms with Gasteiger partial charge in [0.25, 0.3) is 0 Å². The van der Waals surface area contributed by atoms with Crippen LogP contribution in [0.3, 0.4) is 0 Å². The molecule has 2 N–H and O–H groups in total. The van der Waals surface area contributed by atoms with Crippen molar-refractivity contribution >= 4 is 6.03 Å². The molecule has 0 bridgehead atoms. The molecule has 2 fully saturated rings. The molecule has 1 unspecified atom stereocenters. The average Bonchev–Trinajstić information content (AvgIpc) is 2.96. The minimum absolute atomic E-state index is 0.216. The third-order valence-electron chi connectivity index (χ3n) is 3.47. The maximum absolute atomic E-state index is 12.2. The Bertz CT molecular complexity index is 240. The molecule has 1 saturated carbocycles. The molecule has 1 saturated heterocycles. The third kappa shape index (κ3) is 2.09. The number of hydrogen-bond donors (Lipinski definition) is 1. The van der Waals surface area contributed by atoms with E-state index in [0.29, 0.717) is 12.6 Å². The molecule has 0 aromatic heterocycles. The molecule has 2 rings (SSSR count). The van der Waals surface area contributed by atoms with Crippen molar-refractivity contribution in [2.75, 3.05) is 19.6 Å². The van der Waals surface area contributed by atoms with Crippen LogP contribution in [0.25, 0.3) is 0 Å². The van der Waals surface area contributed by atoms with Crippen molar-refractivity contribution in [3.8, 4) is 0 Å². The molecule has 2 aliphatic rings. The first-order valence-electron chi connectivity index (χ1n) is 6.05. The second-order valence-corrected chi connectivity index (χ2v) is 4.52. The summed E-state index contributed by atoms with van der Waals surface area (Å²) in [5.41, 5.74) is 5.68. The predicted octanol–water partition coefficient (Wildman–Crippen LogP) is 1.01. The number of amides is 2. The van der Waals surface area contributed by atoms with Crippen LogP contribution in [-0.2, 0) is 0 Å². The lowest BCUT2D eigenvalue weighted by atomic mass is 10.2. The smallest absolute Gasteiger partial charge is 0.320 e. The number of carbonyl (C=O) groups is 1. The van der Waals surface area contributed by atoms with Gasteiger partial charge in [-0.2, -0.15) is 0 Å². The van der Waals surface area contributed by atoms with Crippen LogP contribution in [-0.4, -0.2) is 47.5 Å². The Morgan fingerprint density at radius 3 is 2.73 bits per heavy atom. The summed E-state index contributed by atoms with van der Waals surface area (Å²) >= 11 is 0. The summed E-state index contributed by atoms with van der Waals surface area (Å²) in [5.74, 6) is 0. The van der Waals surface area contributed by atoms with Gasteiger partial charge < -0.3 is 15.5 Å². The van der Waals surface area contributed by atoms with E-state index in [1.54, 1.807) is 0 Å². The third-order valence-corrected chi connectivity index (χ3v) is 3.47. The lowest BCUT2D eigenvalue weighted by molar-refractivity contribution is 0.148. The molecule has 86 valence electrons. The van der Waals surface area contributed by atoms with Crippen LogP contribution >= 0.6 is 0 Å². The second kappa shape index (κ2) is 4.39. The highest BCUT2D eigenvalue weighted by Crippen LogP contribution is 2.29. The number of rotatable bonds is 3. The van der Waals surface area contributed by atoms with Gasteiger partial charge in [-0.05, 0) is 32.6 Å². The van der Waals surface area contributed by atoms with E-state index in [-0.39, 0.29) is 12.1 Å². The minimum Gasteiger partial charge on any atom is -0.328 e. The molecular weight excluding hydrogens is 190 g/mol. The fraction of sp³-hybridized carbons (Fsp3) is 0.909. The maximum atomic E-state index is 12.2. The Morgan fingerprint density at radius 2 is 2.20 bits per heavy atom. The largest absolute Gasteiger partial charge is 0.328 e. The van der Waals surface area contributed by atoms with Gasteiger partial charge in [0.15, 0.2) is 0 Å². The minimum atomic E-state index is 0.216. The molecule has 1 atom stereocenters. The molecular formula is C11H21N3O. The molecule has 1 heterocycles.